The number of rotatable bonds is 3. The molecule has 1 heterocycles. The van der Waals surface area contributed by atoms with Crippen molar-refractivity contribution in [3.63, 3.8) is 0 Å². The first-order valence-electron chi connectivity index (χ1n) is 6.23. The standard InChI is InChI=1S/C15H12ClN3O/c1-10-6-7-11(12(16)8-10)15(20)9-19-14-5-3-2-4-13(14)17-18-19/h2-8H,9H2,1H3. The molecule has 0 N–H and O–H groups in total. The van der Waals surface area contributed by atoms with E-state index in [-0.39, 0.29) is 12.3 Å². The van der Waals surface area contributed by atoms with Crippen LogP contribution in [0.3, 0.4) is 0 Å². The van der Waals surface area contributed by atoms with Gasteiger partial charge in [0.2, 0.25) is 0 Å². The van der Waals surface area contributed by atoms with Crippen LogP contribution in [0.4, 0.5) is 0 Å². The molecule has 0 unspecified atom stereocenters. The molecule has 3 aromatic rings. The fraction of sp³-hybridized carbons (Fsp3) is 0.133. The van der Waals surface area contributed by atoms with Crippen LogP contribution in [0.15, 0.2) is 42.5 Å². The molecule has 1 aromatic heterocycles. The van der Waals surface area contributed by atoms with Crippen LogP contribution in [0, 0.1) is 6.92 Å². The molecule has 0 atom stereocenters. The van der Waals surface area contributed by atoms with Crippen molar-refractivity contribution in [1.29, 1.82) is 0 Å². The molecule has 0 fully saturated rings. The summed E-state index contributed by atoms with van der Waals surface area (Å²) in [7, 11) is 0. The quantitative estimate of drug-likeness (QED) is 0.694. The number of Topliss-reactive ketones (excluding diaryl/α,β-unsaturated/α-hetero) is 1. The monoisotopic (exact) mass is 285 g/mol. The molecule has 2 aromatic carbocycles. The molecule has 5 heteroatoms. The van der Waals surface area contributed by atoms with Gasteiger partial charge < -0.3 is 0 Å². The zero-order valence-electron chi connectivity index (χ0n) is 10.9. The van der Waals surface area contributed by atoms with E-state index in [0.717, 1.165) is 16.6 Å². The Labute approximate surface area is 121 Å². The Bertz CT molecular complexity index is 795. The molecule has 0 bridgehead atoms. The number of halogens is 1. The number of benzene rings is 2. The van der Waals surface area contributed by atoms with E-state index in [9.17, 15) is 4.79 Å². The van der Waals surface area contributed by atoms with Crippen molar-refractivity contribution in [1.82, 2.24) is 15.0 Å². The largest absolute Gasteiger partial charge is 0.292 e. The van der Waals surface area contributed by atoms with Gasteiger partial charge in [0.25, 0.3) is 0 Å². The van der Waals surface area contributed by atoms with E-state index >= 15 is 0 Å². The maximum Gasteiger partial charge on any atom is 0.185 e. The molecule has 4 nitrogen and oxygen atoms in total. The van der Waals surface area contributed by atoms with Gasteiger partial charge in [-0.1, -0.05) is 35.0 Å². The number of aromatic nitrogens is 3. The van der Waals surface area contributed by atoms with Crippen LogP contribution in [0.1, 0.15) is 15.9 Å². The number of hydrogen-bond donors (Lipinski definition) is 0. The van der Waals surface area contributed by atoms with Crippen molar-refractivity contribution < 1.29 is 4.79 Å². The highest BCUT2D eigenvalue weighted by Crippen LogP contribution is 2.19. The first-order chi connectivity index (χ1) is 9.65. The summed E-state index contributed by atoms with van der Waals surface area (Å²) in [5.74, 6) is -0.0781. The van der Waals surface area contributed by atoms with Gasteiger partial charge in [0.05, 0.1) is 10.5 Å². The molecule has 3 rings (SSSR count). The summed E-state index contributed by atoms with van der Waals surface area (Å²) in [4.78, 5) is 12.3. The average Bonchev–Trinajstić information content (AvgIpc) is 2.82. The Morgan fingerprint density at radius 3 is 2.85 bits per heavy atom. The Kier molecular flexibility index (Phi) is 3.24. The normalized spacial score (nSPS) is 10.9. The second-order valence-electron chi connectivity index (χ2n) is 4.64. The van der Waals surface area contributed by atoms with Crippen molar-refractivity contribution in [3.05, 3.63) is 58.6 Å². The number of aryl methyl sites for hydroxylation is 1. The molecule has 0 aliphatic carbocycles. The number of para-hydroxylation sites is 1. The number of ketones is 1. The Balaban J connectivity index is 1.92. The topological polar surface area (TPSA) is 47.8 Å². The van der Waals surface area contributed by atoms with Crippen LogP contribution in [-0.2, 0) is 6.54 Å². The molecular weight excluding hydrogens is 274 g/mol. The minimum absolute atomic E-state index is 0.0781. The van der Waals surface area contributed by atoms with Crippen molar-refractivity contribution in [3.8, 4) is 0 Å². The maximum absolute atomic E-state index is 12.3. The summed E-state index contributed by atoms with van der Waals surface area (Å²) in [5, 5.41) is 8.51. The SMILES string of the molecule is Cc1ccc(C(=O)Cn2nnc3ccccc32)c(Cl)c1. The first-order valence-corrected chi connectivity index (χ1v) is 6.60. The van der Waals surface area contributed by atoms with Gasteiger partial charge in [0.15, 0.2) is 5.78 Å². The molecule has 0 aliphatic heterocycles. The Hall–Kier alpha value is -2.20. The van der Waals surface area contributed by atoms with Gasteiger partial charge in [-0.2, -0.15) is 0 Å². The van der Waals surface area contributed by atoms with Gasteiger partial charge in [-0.05, 0) is 36.8 Å². The number of hydrogen-bond acceptors (Lipinski definition) is 3. The highest BCUT2D eigenvalue weighted by Gasteiger charge is 2.13. The van der Waals surface area contributed by atoms with E-state index in [4.69, 9.17) is 11.6 Å². The molecule has 100 valence electrons. The summed E-state index contributed by atoms with van der Waals surface area (Å²) in [6.07, 6.45) is 0. The fourth-order valence-corrected chi connectivity index (χ4v) is 2.44. The lowest BCUT2D eigenvalue weighted by molar-refractivity contribution is 0.0968. The third kappa shape index (κ3) is 2.30. The molecule has 20 heavy (non-hydrogen) atoms. The van der Waals surface area contributed by atoms with Crippen LogP contribution < -0.4 is 0 Å². The van der Waals surface area contributed by atoms with Crippen molar-refractivity contribution in [2.75, 3.05) is 0 Å². The number of carbonyl (C=O) groups is 1. The summed E-state index contributed by atoms with van der Waals surface area (Å²) >= 11 is 6.12. The molecule has 0 aliphatic rings. The van der Waals surface area contributed by atoms with Crippen LogP contribution in [0.5, 0.6) is 0 Å². The molecule has 0 spiro atoms. The predicted molar refractivity (Wildman–Crippen MR) is 78.0 cm³/mol. The van der Waals surface area contributed by atoms with Gasteiger partial charge in [0.1, 0.15) is 12.1 Å². The summed E-state index contributed by atoms with van der Waals surface area (Å²) in [6.45, 7) is 2.06. The number of carbonyl (C=O) groups excluding carboxylic acids is 1. The third-order valence-corrected chi connectivity index (χ3v) is 3.45. The maximum atomic E-state index is 12.3. The number of fused-ring (bicyclic) bond motifs is 1. The van der Waals surface area contributed by atoms with Gasteiger partial charge in [-0.3, -0.25) is 4.79 Å². The summed E-state index contributed by atoms with van der Waals surface area (Å²) in [5.41, 5.74) is 3.15. The smallest absolute Gasteiger partial charge is 0.185 e. The average molecular weight is 286 g/mol. The lowest BCUT2D eigenvalue weighted by Crippen LogP contribution is -2.12. The van der Waals surface area contributed by atoms with E-state index in [1.54, 1.807) is 16.8 Å². The van der Waals surface area contributed by atoms with Gasteiger partial charge in [0, 0.05) is 5.56 Å². The van der Waals surface area contributed by atoms with Crippen molar-refractivity contribution >= 4 is 28.4 Å². The van der Waals surface area contributed by atoms with E-state index < -0.39 is 0 Å². The van der Waals surface area contributed by atoms with Gasteiger partial charge in [-0.15, -0.1) is 5.10 Å². The second kappa shape index (κ2) is 5.06. The molecule has 0 radical (unpaired) electrons. The van der Waals surface area contributed by atoms with E-state index in [1.165, 1.54) is 0 Å². The first kappa shape index (κ1) is 12.8. The second-order valence-corrected chi connectivity index (χ2v) is 5.05. The highest BCUT2D eigenvalue weighted by molar-refractivity contribution is 6.34. The predicted octanol–water partition coefficient (Wildman–Crippen LogP) is 3.28. The van der Waals surface area contributed by atoms with Gasteiger partial charge in [-0.25, -0.2) is 4.68 Å². The van der Waals surface area contributed by atoms with Crippen molar-refractivity contribution in [2.24, 2.45) is 0 Å². The van der Waals surface area contributed by atoms with Crippen LogP contribution >= 0.6 is 11.6 Å². The lowest BCUT2D eigenvalue weighted by atomic mass is 10.1. The summed E-state index contributed by atoms with van der Waals surface area (Å²) in [6, 6.07) is 12.9. The van der Waals surface area contributed by atoms with Gasteiger partial charge >= 0.3 is 0 Å². The van der Waals surface area contributed by atoms with Crippen LogP contribution in [0.25, 0.3) is 11.0 Å². The van der Waals surface area contributed by atoms with Crippen LogP contribution in [-0.4, -0.2) is 20.8 Å². The minimum Gasteiger partial charge on any atom is -0.292 e. The Morgan fingerprint density at radius 2 is 2.05 bits per heavy atom. The summed E-state index contributed by atoms with van der Waals surface area (Å²) < 4.78 is 1.59. The van der Waals surface area contributed by atoms with Crippen LogP contribution in [0.2, 0.25) is 5.02 Å². The lowest BCUT2D eigenvalue weighted by Gasteiger charge is -2.05. The van der Waals surface area contributed by atoms with Crippen molar-refractivity contribution in [2.45, 2.75) is 13.5 Å². The highest BCUT2D eigenvalue weighted by atomic mass is 35.5. The molecule has 0 saturated heterocycles. The van der Waals surface area contributed by atoms with E-state index in [0.29, 0.717) is 10.6 Å². The minimum atomic E-state index is -0.0781. The van der Waals surface area contributed by atoms with E-state index in [1.807, 2.05) is 37.3 Å². The molecule has 0 amide bonds. The number of nitrogens with zero attached hydrogens (tertiary/aromatic N) is 3. The Morgan fingerprint density at radius 1 is 1.25 bits per heavy atom. The molecule has 0 saturated carbocycles. The zero-order chi connectivity index (χ0) is 14.1. The fourth-order valence-electron chi connectivity index (χ4n) is 2.10. The molecular formula is C15H12ClN3O. The third-order valence-electron chi connectivity index (χ3n) is 3.14. The zero-order valence-corrected chi connectivity index (χ0v) is 11.6. The van der Waals surface area contributed by atoms with E-state index in [2.05, 4.69) is 10.3 Å².